The molecule has 0 fully saturated rings. The molecule has 3 aromatic heterocycles. The highest BCUT2D eigenvalue weighted by Crippen LogP contribution is 2.30. The smallest absolute Gasteiger partial charge is 0.347 e. The fourth-order valence-electron chi connectivity index (χ4n) is 3.75. The van der Waals surface area contributed by atoms with Crippen LogP contribution in [-0.4, -0.2) is 26.1 Å². The molecule has 5 aromatic rings. The second-order valence-corrected chi connectivity index (χ2v) is 7.36. The third-order valence-corrected chi connectivity index (χ3v) is 5.34. The van der Waals surface area contributed by atoms with E-state index in [1.807, 2.05) is 0 Å². The summed E-state index contributed by atoms with van der Waals surface area (Å²) in [4.78, 5) is 42.5. The number of para-hydroxylation sites is 2. The lowest BCUT2D eigenvalue weighted by Gasteiger charge is -2.07. The molecule has 0 saturated heterocycles. The average molecular weight is 424 g/mol. The number of fused-ring (bicyclic) bond motifs is 2. The summed E-state index contributed by atoms with van der Waals surface area (Å²) in [6.45, 7) is 1.40. The maximum Gasteiger partial charge on any atom is 0.347 e. The second kappa shape index (κ2) is 7.31. The van der Waals surface area contributed by atoms with Gasteiger partial charge in [-0.3, -0.25) is 14.0 Å². The van der Waals surface area contributed by atoms with Gasteiger partial charge >= 0.3 is 5.63 Å². The van der Waals surface area contributed by atoms with Gasteiger partial charge in [0.2, 0.25) is 5.78 Å². The summed E-state index contributed by atoms with van der Waals surface area (Å²) < 4.78 is 6.77. The first-order valence-corrected chi connectivity index (χ1v) is 9.82. The lowest BCUT2D eigenvalue weighted by molar-refractivity contribution is 0.101. The minimum atomic E-state index is -0.758. The van der Waals surface area contributed by atoms with Crippen molar-refractivity contribution in [2.75, 3.05) is 0 Å². The molecule has 0 spiro atoms. The van der Waals surface area contributed by atoms with Crippen LogP contribution in [0.15, 0.2) is 82.3 Å². The summed E-state index contributed by atoms with van der Waals surface area (Å²) in [6.07, 6.45) is 1.40. The topological polar surface area (TPSA) is 102 Å². The Morgan fingerprint density at radius 1 is 0.969 bits per heavy atom. The minimum Gasteiger partial charge on any atom is -0.507 e. The second-order valence-electron chi connectivity index (χ2n) is 7.36. The molecule has 5 rings (SSSR count). The van der Waals surface area contributed by atoms with Gasteiger partial charge in [-0.1, -0.05) is 30.3 Å². The molecule has 0 bridgehead atoms. The Morgan fingerprint density at radius 3 is 2.50 bits per heavy atom. The number of hydrogen-bond acceptors (Lipinski definition) is 6. The molecule has 0 amide bonds. The highest BCUT2D eigenvalue weighted by molar-refractivity contribution is 6.12. The zero-order valence-electron chi connectivity index (χ0n) is 16.9. The SMILES string of the molecule is CC(=O)c1cc(C(=O)c2cc3ccccc3oc2=O)n2cnc(-c3ccccc3O)cc12. The van der Waals surface area contributed by atoms with Crippen LogP contribution < -0.4 is 5.63 Å². The molecule has 0 radical (unpaired) electrons. The van der Waals surface area contributed by atoms with Gasteiger partial charge in [-0.05, 0) is 43.3 Å². The minimum absolute atomic E-state index is 0.0466. The molecule has 0 unspecified atom stereocenters. The number of aromatic nitrogens is 2. The molecule has 0 saturated carbocycles. The lowest BCUT2D eigenvalue weighted by Crippen LogP contribution is -2.16. The molecular formula is C25H16N2O5. The van der Waals surface area contributed by atoms with Gasteiger partial charge in [0.15, 0.2) is 5.78 Å². The number of carbonyl (C=O) groups is 2. The van der Waals surface area contributed by atoms with Crippen LogP contribution in [0.25, 0.3) is 27.7 Å². The Labute approximate surface area is 181 Å². The molecule has 0 aliphatic heterocycles. The largest absolute Gasteiger partial charge is 0.507 e. The Hall–Kier alpha value is -4.52. The molecule has 3 heterocycles. The number of nitrogens with zero attached hydrogens (tertiary/aromatic N) is 2. The van der Waals surface area contributed by atoms with E-state index in [1.54, 1.807) is 54.6 Å². The normalized spacial score (nSPS) is 11.2. The summed E-state index contributed by atoms with van der Waals surface area (Å²) in [7, 11) is 0. The zero-order chi connectivity index (χ0) is 22.4. The van der Waals surface area contributed by atoms with Crippen LogP contribution in [-0.2, 0) is 0 Å². The van der Waals surface area contributed by atoms with Crippen LogP contribution in [0.3, 0.4) is 0 Å². The predicted molar refractivity (Wildman–Crippen MR) is 118 cm³/mol. The highest BCUT2D eigenvalue weighted by Gasteiger charge is 2.23. The molecule has 0 aliphatic carbocycles. The van der Waals surface area contributed by atoms with Crippen LogP contribution in [0.5, 0.6) is 5.75 Å². The summed E-state index contributed by atoms with van der Waals surface area (Å²) in [5.41, 5.74) is 1.29. The number of aromatic hydroxyl groups is 1. The number of hydrogen-bond donors (Lipinski definition) is 1. The standard InChI is InChI=1S/C25H16N2O5/c1-14(28)17-11-21(24(30)18-10-15-6-2-5-9-23(15)32-25(18)31)27-13-26-19(12-20(17)27)16-7-3-4-8-22(16)29/h2-13,29H,1H3. The Morgan fingerprint density at radius 2 is 1.72 bits per heavy atom. The molecule has 0 atom stereocenters. The molecule has 2 aromatic carbocycles. The van der Waals surface area contributed by atoms with E-state index >= 15 is 0 Å². The van der Waals surface area contributed by atoms with Gasteiger partial charge in [0.1, 0.15) is 23.2 Å². The predicted octanol–water partition coefficient (Wildman–Crippen LogP) is 4.25. The maximum absolute atomic E-state index is 13.3. The molecule has 32 heavy (non-hydrogen) atoms. The Balaban J connectivity index is 1.71. The number of carbonyl (C=O) groups excluding carboxylic acids is 2. The summed E-state index contributed by atoms with van der Waals surface area (Å²) in [5.74, 6) is -0.781. The van der Waals surface area contributed by atoms with E-state index in [1.165, 1.54) is 29.8 Å². The van der Waals surface area contributed by atoms with Crippen LogP contribution in [0.1, 0.15) is 33.3 Å². The zero-order valence-corrected chi connectivity index (χ0v) is 16.9. The molecule has 7 nitrogen and oxygen atoms in total. The first-order chi connectivity index (χ1) is 15.4. The van der Waals surface area contributed by atoms with E-state index in [9.17, 15) is 19.5 Å². The Bertz CT molecular complexity index is 1610. The summed E-state index contributed by atoms with van der Waals surface area (Å²) >= 11 is 0. The monoisotopic (exact) mass is 424 g/mol. The van der Waals surface area contributed by atoms with Crippen molar-refractivity contribution in [2.45, 2.75) is 6.92 Å². The fraction of sp³-hybridized carbons (Fsp3) is 0.0400. The number of phenolic OH excluding ortho intramolecular Hbond substituents is 1. The number of benzene rings is 2. The van der Waals surface area contributed by atoms with Crippen molar-refractivity contribution >= 4 is 28.1 Å². The molecule has 156 valence electrons. The molecular weight excluding hydrogens is 408 g/mol. The van der Waals surface area contributed by atoms with E-state index in [4.69, 9.17) is 4.42 Å². The van der Waals surface area contributed by atoms with Gasteiger partial charge in [0.05, 0.1) is 16.9 Å². The van der Waals surface area contributed by atoms with E-state index in [2.05, 4.69) is 4.98 Å². The van der Waals surface area contributed by atoms with Crippen molar-refractivity contribution in [3.05, 3.63) is 100 Å². The van der Waals surface area contributed by atoms with Gasteiger partial charge in [-0.25, -0.2) is 9.78 Å². The number of phenols is 1. The summed E-state index contributed by atoms with van der Waals surface area (Å²) in [5, 5.41) is 10.8. The van der Waals surface area contributed by atoms with Crippen molar-refractivity contribution in [3.8, 4) is 17.0 Å². The van der Waals surface area contributed by atoms with E-state index in [-0.39, 0.29) is 22.8 Å². The van der Waals surface area contributed by atoms with Crippen LogP contribution >= 0.6 is 0 Å². The first kappa shape index (κ1) is 19.4. The third-order valence-electron chi connectivity index (χ3n) is 5.34. The Kier molecular flexibility index (Phi) is 4.44. The van der Waals surface area contributed by atoms with Gasteiger partial charge in [-0.15, -0.1) is 0 Å². The van der Waals surface area contributed by atoms with Crippen molar-refractivity contribution in [2.24, 2.45) is 0 Å². The number of ketones is 2. The van der Waals surface area contributed by atoms with Gasteiger partial charge in [0, 0.05) is 16.5 Å². The third kappa shape index (κ3) is 3.07. The highest BCUT2D eigenvalue weighted by atomic mass is 16.4. The number of rotatable bonds is 4. The first-order valence-electron chi connectivity index (χ1n) is 9.82. The van der Waals surface area contributed by atoms with E-state index in [0.29, 0.717) is 33.3 Å². The van der Waals surface area contributed by atoms with Crippen LogP contribution in [0, 0.1) is 0 Å². The van der Waals surface area contributed by atoms with Crippen molar-refractivity contribution < 1.29 is 19.1 Å². The quantitative estimate of drug-likeness (QED) is 0.342. The summed E-state index contributed by atoms with van der Waals surface area (Å²) in [6, 6.07) is 18.2. The average Bonchev–Trinajstić information content (AvgIpc) is 3.17. The number of Topliss-reactive ketones (excluding diaryl/α,β-unsaturated/α-hetero) is 1. The van der Waals surface area contributed by atoms with E-state index in [0.717, 1.165) is 0 Å². The lowest BCUT2D eigenvalue weighted by atomic mass is 10.1. The maximum atomic E-state index is 13.3. The van der Waals surface area contributed by atoms with Gasteiger partial charge < -0.3 is 9.52 Å². The van der Waals surface area contributed by atoms with Crippen molar-refractivity contribution in [3.63, 3.8) is 0 Å². The van der Waals surface area contributed by atoms with Crippen LogP contribution in [0.2, 0.25) is 0 Å². The van der Waals surface area contributed by atoms with Gasteiger partial charge in [-0.2, -0.15) is 0 Å². The van der Waals surface area contributed by atoms with E-state index < -0.39 is 11.4 Å². The fourth-order valence-corrected chi connectivity index (χ4v) is 3.75. The molecule has 0 aliphatic rings. The van der Waals surface area contributed by atoms with Crippen molar-refractivity contribution in [1.29, 1.82) is 0 Å². The van der Waals surface area contributed by atoms with Gasteiger partial charge in [0.25, 0.3) is 0 Å². The molecule has 7 heteroatoms. The molecule has 1 N–H and O–H groups in total. The van der Waals surface area contributed by atoms with Crippen molar-refractivity contribution in [1.82, 2.24) is 9.38 Å². The van der Waals surface area contributed by atoms with Crippen LogP contribution in [0.4, 0.5) is 0 Å².